The number of rotatable bonds is 6. The minimum Gasteiger partial charge on any atom is -0.393 e. The summed E-state index contributed by atoms with van der Waals surface area (Å²) in [6.45, 7) is 11.3. The van der Waals surface area contributed by atoms with Gasteiger partial charge in [0.15, 0.2) is 0 Å². The molecule has 5 heteroatoms. The summed E-state index contributed by atoms with van der Waals surface area (Å²) in [7, 11) is 0. The van der Waals surface area contributed by atoms with Gasteiger partial charge in [0.05, 0.1) is 11.7 Å². The third kappa shape index (κ3) is 5.52. The minimum absolute atomic E-state index is 0.303. The number of hydrogen-bond acceptors (Lipinski definition) is 3. The molecule has 34 heavy (non-hydrogen) atoms. The highest BCUT2D eigenvalue weighted by atomic mass is 19.3. The molecule has 2 N–H and O–H groups in total. The minimum atomic E-state index is -2.17. The first-order valence-electron chi connectivity index (χ1n) is 13.6. The van der Waals surface area contributed by atoms with E-state index in [0.717, 1.165) is 31.6 Å². The largest absolute Gasteiger partial charge is 0.393 e. The van der Waals surface area contributed by atoms with Gasteiger partial charge in [-0.25, -0.2) is 8.78 Å². The number of alkyl halides is 2. The molecule has 4 aliphatic rings. The lowest BCUT2D eigenvalue weighted by atomic mass is 9.61. The Morgan fingerprint density at radius 2 is 1.91 bits per heavy atom. The third-order valence-electron chi connectivity index (χ3n) is 9.79. The van der Waals surface area contributed by atoms with Crippen molar-refractivity contribution in [3.63, 3.8) is 0 Å². The van der Waals surface area contributed by atoms with E-state index in [0.29, 0.717) is 55.3 Å². The van der Waals surface area contributed by atoms with Crippen molar-refractivity contribution < 1.29 is 19.0 Å². The van der Waals surface area contributed by atoms with Crippen LogP contribution in [-0.4, -0.2) is 52.9 Å². The molecule has 192 valence electrons. The zero-order valence-corrected chi connectivity index (χ0v) is 21.2. The van der Waals surface area contributed by atoms with Gasteiger partial charge in [-0.05, 0) is 87.6 Å². The van der Waals surface area contributed by atoms with Crippen LogP contribution in [0.2, 0.25) is 0 Å². The van der Waals surface area contributed by atoms with E-state index in [2.05, 4.69) is 37.5 Å². The number of likely N-dealkylation sites (tertiary alicyclic amines) is 1. The van der Waals surface area contributed by atoms with Crippen LogP contribution in [-0.2, 0) is 0 Å². The molecule has 6 atom stereocenters. The van der Waals surface area contributed by atoms with Crippen LogP contribution in [0.5, 0.6) is 0 Å². The molecular weight excluding hydrogens is 432 g/mol. The number of aliphatic hydroxyl groups is 2. The zero-order chi connectivity index (χ0) is 24.5. The molecule has 4 rings (SSSR count). The molecule has 3 nitrogen and oxygen atoms in total. The van der Waals surface area contributed by atoms with Gasteiger partial charge in [-0.15, -0.1) is 6.58 Å². The average molecular weight is 478 g/mol. The van der Waals surface area contributed by atoms with Crippen molar-refractivity contribution in [1.29, 1.82) is 0 Å². The molecule has 0 aromatic carbocycles. The molecule has 3 saturated carbocycles. The van der Waals surface area contributed by atoms with Gasteiger partial charge in [-0.2, -0.15) is 0 Å². The second kappa shape index (κ2) is 10.5. The van der Waals surface area contributed by atoms with Gasteiger partial charge in [0.25, 0.3) is 0 Å². The van der Waals surface area contributed by atoms with Gasteiger partial charge < -0.3 is 15.1 Å². The maximum atomic E-state index is 13.0. The first kappa shape index (κ1) is 26.0. The maximum absolute atomic E-state index is 13.0. The van der Waals surface area contributed by atoms with Gasteiger partial charge in [0, 0.05) is 25.3 Å². The first-order valence-corrected chi connectivity index (χ1v) is 13.6. The second-order valence-electron chi connectivity index (χ2n) is 12.2. The number of allylic oxidation sites excluding steroid dienone is 3. The van der Waals surface area contributed by atoms with E-state index in [4.69, 9.17) is 0 Å². The molecule has 0 radical (unpaired) electrons. The number of halogens is 2. The molecule has 0 aromatic rings. The monoisotopic (exact) mass is 477 g/mol. The van der Waals surface area contributed by atoms with Gasteiger partial charge in [-0.3, -0.25) is 0 Å². The molecule has 4 fully saturated rings. The van der Waals surface area contributed by atoms with Gasteiger partial charge in [0.1, 0.15) is 0 Å². The average Bonchev–Trinajstić information content (AvgIpc) is 3.15. The number of fused-ring (bicyclic) bond motifs is 1. The third-order valence-corrected chi connectivity index (χ3v) is 9.79. The van der Waals surface area contributed by atoms with Crippen LogP contribution in [0.4, 0.5) is 8.78 Å². The predicted octanol–water partition coefficient (Wildman–Crippen LogP) is 6.13. The van der Waals surface area contributed by atoms with Crippen LogP contribution in [0.15, 0.2) is 36.0 Å². The molecular formula is C29H45F2NO2. The Labute approximate surface area is 205 Å². The molecule has 0 unspecified atom stereocenters. The molecule has 0 aromatic heterocycles. The number of aliphatic hydroxyl groups excluding tert-OH is 1. The fourth-order valence-corrected chi connectivity index (χ4v) is 7.96. The molecule has 0 amide bonds. The fraction of sp³-hybridized carbons (Fsp3) is 0.793. The van der Waals surface area contributed by atoms with E-state index in [9.17, 15) is 19.0 Å². The predicted molar refractivity (Wildman–Crippen MR) is 134 cm³/mol. The highest BCUT2D eigenvalue weighted by Crippen LogP contribution is 2.59. The Balaban J connectivity index is 1.41. The number of nitrogens with zero attached hydrogens (tertiary/aromatic N) is 1. The molecule has 1 heterocycles. The van der Waals surface area contributed by atoms with Crippen molar-refractivity contribution >= 4 is 0 Å². The lowest BCUT2D eigenvalue weighted by Crippen LogP contribution is -2.42. The summed E-state index contributed by atoms with van der Waals surface area (Å²) in [5.41, 5.74) is 1.95. The van der Waals surface area contributed by atoms with Crippen molar-refractivity contribution in [2.24, 2.45) is 29.1 Å². The van der Waals surface area contributed by atoms with Crippen LogP contribution in [0.1, 0.15) is 78.1 Å². The van der Waals surface area contributed by atoms with Gasteiger partial charge >= 0.3 is 0 Å². The zero-order valence-electron chi connectivity index (χ0n) is 21.2. The van der Waals surface area contributed by atoms with Crippen molar-refractivity contribution in [2.45, 2.75) is 96.2 Å². The normalized spacial score (nSPS) is 41.2. The van der Waals surface area contributed by atoms with Crippen LogP contribution < -0.4 is 0 Å². The fourth-order valence-electron chi connectivity index (χ4n) is 7.96. The first-order chi connectivity index (χ1) is 16.1. The van der Waals surface area contributed by atoms with Crippen LogP contribution in [0.25, 0.3) is 0 Å². The van der Waals surface area contributed by atoms with Crippen molar-refractivity contribution in [2.75, 3.05) is 19.6 Å². The Bertz CT molecular complexity index is 787. The molecule has 3 aliphatic carbocycles. The molecule has 1 aliphatic heterocycles. The molecule has 1 saturated heterocycles. The summed E-state index contributed by atoms with van der Waals surface area (Å²) in [6.07, 6.45) is 12.3. The van der Waals surface area contributed by atoms with Gasteiger partial charge in [-0.1, -0.05) is 43.2 Å². The standard InChI is InChI=1S/C29H45F2NO2/c1-4-29(34)17-21(16-24(33)18-29)7-8-22-6-5-13-28(3)25(9-10-26(22)28)20(2)19-32-14-11-23(12-15-32)27(30)31/h4,7-8,20,23-27,33-34H,1,5-6,9-19H2,2-3H3/b21-7-,22-8+/t20-,24-,25-,26+,28-,29-/m1/s1. The molecule has 0 spiro atoms. The lowest BCUT2D eigenvalue weighted by molar-refractivity contribution is 0.00856. The van der Waals surface area contributed by atoms with E-state index in [1.54, 1.807) is 6.08 Å². The van der Waals surface area contributed by atoms with E-state index in [1.165, 1.54) is 31.3 Å². The Morgan fingerprint density at radius 3 is 2.59 bits per heavy atom. The maximum Gasteiger partial charge on any atom is 0.241 e. The summed E-state index contributed by atoms with van der Waals surface area (Å²) in [4.78, 5) is 2.43. The summed E-state index contributed by atoms with van der Waals surface area (Å²) < 4.78 is 26.1. The highest BCUT2D eigenvalue weighted by molar-refractivity contribution is 5.28. The summed E-state index contributed by atoms with van der Waals surface area (Å²) in [5.74, 6) is 1.44. The van der Waals surface area contributed by atoms with Gasteiger partial charge in [0.2, 0.25) is 6.43 Å². The van der Waals surface area contributed by atoms with Crippen LogP contribution >= 0.6 is 0 Å². The quantitative estimate of drug-likeness (QED) is 0.452. The van der Waals surface area contributed by atoms with Crippen molar-refractivity contribution in [1.82, 2.24) is 4.90 Å². The summed E-state index contributed by atoms with van der Waals surface area (Å²) in [6, 6.07) is 0. The second-order valence-corrected chi connectivity index (χ2v) is 12.2. The van der Waals surface area contributed by atoms with Crippen LogP contribution in [0.3, 0.4) is 0 Å². The Hall–Kier alpha value is -1.04. The molecule has 0 bridgehead atoms. The van der Waals surface area contributed by atoms with E-state index in [-0.39, 0.29) is 0 Å². The Kier molecular flexibility index (Phi) is 8.06. The van der Waals surface area contributed by atoms with E-state index >= 15 is 0 Å². The van der Waals surface area contributed by atoms with E-state index < -0.39 is 24.0 Å². The summed E-state index contributed by atoms with van der Waals surface area (Å²) >= 11 is 0. The number of piperidine rings is 1. The Morgan fingerprint density at radius 1 is 1.18 bits per heavy atom. The summed E-state index contributed by atoms with van der Waals surface area (Å²) in [5, 5.41) is 20.9. The SMILES string of the molecule is C=C[C@@]1(O)C/C(=C\C=C2/CCC[C@]3(C)[C@@H]([C@H](C)CN4CCC(C(F)F)CC4)CC[C@@H]23)C[C@@H](O)C1. The topological polar surface area (TPSA) is 43.7 Å². The highest BCUT2D eigenvalue weighted by Gasteiger charge is 2.50. The van der Waals surface area contributed by atoms with Crippen LogP contribution in [0, 0.1) is 29.1 Å². The van der Waals surface area contributed by atoms with E-state index in [1.807, 2.05) is 0 Å². The van der Waals surface area contributed by atoms with Crippen molar-refractivity contribution in [3.05, 3.63) is 36.0 Å². The smallest absolute Gasteiger partial charge is 0.241 e. The number of hydrogen-bond donors (Lipinski definition) is 2. The lowest BCUT2D eigenvalue weighted by Gasteiger charge is -2.45. The van der Waals surface area contributed by atoms with Crippen molar-refractivity contribution in [3.8, 4) is 0 Å².